The predicted molar refractivity (Wildman–Crippen MR) is 157 cm³/mol. The number of aromatic nitrogens is 2. The zero-order valence-corrected chi connectivity index (χ0v) is 23.7. The van der Waals surface area contributed by atoms with Crippen LogP contribution in [-0.2, 0) is 16.0 Å². The molecule has 0 unspecified atom stereocenters. The molecule has 3 aromatic rings. The number of fused-ring (bicyclic) bond motifs is 1. The SMILES string of the molecule is COc1ccc(CCN2C(=O)C(=Cc3c(NCCCOC(C)C)nc4ccc(C)cn4c3=O)SC2=S)cc1. The van der Waals surface area contributed by atoms with Crippen molar-refractivity contribution in [2.24, 2.45) is 0 Å². The third-order valence-electron chi connectivity index (χ3n) is 6.00. The quantitative estimate of drug-likeness (QED) is 0.209. The van der Waals surface area contributed by atoms with Crippen LogP contribution < -0.4 is 15.6 Å². The van der Waals surface area contributed by atoms with Gasteiger partial charge in [0.25, 0.3) is 11.5 Å². The van der Waals surface area contributed by atoms with Crippen LogP contribution >= 0.6 is 24.0 Å². The monoisotopic (exact) mass is 552 g/mol. The van der Waals surface area contributed by atoms with Gasteiger partial charge in [-0.1, -0.05) is 42.2 Å². The van der Waals surface area contributed by atoms with Gasteiger partial charge in [-0.3, -0.25) is 18.9 Å². The number of carbonyl (C=O) groups is 1. The molecule has 1 aliphatic heterocycles. The molecule has 2 aromatic heterocycles. The van der Waals surface area contributed by atoms with Gasteiger partial charge in [0, 0.05) is 25.9 Å². The summed E-state index contributed by atoms with van der Waals surface area (Å²) >= 11 is 6.73. The second-order valence-corrected chi connectivity index (χ2v) is 10.9. The fourth-order valence-electron chi connectivity index (χ4n) is 3.98. The number of anilines is 1. The molecule has 0 bridgehead atoms. The Morgan fingerprint density at radius 2 is 1.92 bits per heavy atom. The minimum absolute atomic E-state index is 0.156. The molecule has 1 N–H and O–H groups in total. The zero-order valence-electron chi connectivity index (χ0n) is 22.0. The lowest BCUT2D eigenvalue weighted by Crippen LogP contribution is -2.30. The number of amides is 1. The van der Waals surface area contributed by atoms with Crippen LogP contribution in [0.5, 0.6) is 5.75 Å². The number of hydrogen-bond acceptors (Lipinski definition) is 8. The van der Waals surface area contributed by atoms with Crippen molar-refractivity contribution < 1.29 is 14.3 Å². The van der Waals surface area contributed by atoms with Crippen molar-refractivity contribution in [3.8, 4) is 5.75 Å². The molecular formula is C28H32N4O4S2. The Morgan fingerprint density at radius 1 is 1.16 bits per heavy atom. The maximum absolute atomic E-state index is 13.5. The largest absolute Gasteiger partial charge is 0.497 e. The Labute approximate surface area is 232 Å². The average molecular weight is 553 g/mol. The van der Waals surface area contributed by atoms with E-state index in [1.165, 1.54) is 16.2 Å². The van der Waals surface area contributed by atoms with E-state index in [1.807, 2.05) is 57.2 Å². The molecule has 1 saturated heterocycles. The maximum atomic E-state index is 13.5. The van der Waals surface area contributed by atoms with Crippen molar-refractivity contribution in [2.75, 3.05) is 32.1 Å². The Morgan fingerprint density at radius 3 is 2.63 bits per heavy atom. The van der Waals surface area contributed by atoms with Gasteiger partial charge in [-0.2, -0.15) is 0 Å². The molecule has 1 fully saturated rings. The van der Waals surface area contributed by atoms with Crippen LogP contribution in [-0.4, -0.2) is 57.4 Å². The van der Waals surface area contributed by atoms with E-state index in [0.29, 0.717) is 52.4 Å². The highest BCUT2D eigenvalue weighted by Crippen LogP contribution is 2.33. The minimum Gasteiger partial charge on any atom is -0.497 e. The number of thioether (sulfide) groups is 1. The Kier molecular flexibility index (Phi) is 9.19. The van der Waals surface area contributed by atoms with Crippen LogP contribution in [0.3, 0.4) is 0 Å². The lowest BCUT2D eigenvalue weighted by molar-refractivity contribution is -0.122. The summed E-state index contributed by atoms with van der Waals surface area (Å²) in [5, 5.41) is 3.28. The zero-order chi connectivity index (χ0) is 27.2. The molecule has 10 heteroatoms. The van der Waals surface area contributed by atoms with E-state index < -0.39 is 0 Å². The van der Waals surface area contributed by atoms with Gasteiger partial charge in [0.15, 0.2) is 0 Å². The number of hydrogen-bond donors (Lipinski definition) is 1. The van der Waals surface area contributed by atoms with Gasteiger partial charge in [-0.05, 0) is 69.0 Å². The first-order chi connectivity index (χ1) is 18.3. The summed E-state index contributed by atoms with van der Waals surface area (Å²) in [7, 11) is 1.63. The van der Waals surface area contributed by atoms with Crippen molar-refractivity contribution in [3.05, 3.63) is 74.5 Å². The molecule has 1 amide bonds. The average Bonchev–Trinajstić information content (AvgIpc) is 3.16. The van der Waals surface area contributed by atoms with Gasteiger partial charge >= 0.3 is 0 Å². The van der Waals surface area contributed by atoms with E-state index >= 15 is 0 Å². The molecule has 4 rings (SSSR count). The summed E-state index contributed by atoms with van der Waals surface area (Å²) in [5.41, 5.74) is 2.62. The van der Waals surface area contributed by atoms with Crippen LogP contribution in [0, 0.1) is 6.92 Å². The van der Waals surface area contributed by atoms with Crippen molar-refractivity contribution in [3.63, 3.8) is 0 Å². The molecule has 0 aliphatic carbocycles. The predicted octanol–water partition coefficient (Wildman–Crippen LogP) is 4.68. The number of thiocarbonyl (C=S) groups is 1. The molecule has 0 atom stereocenters. The Balaban J connectivity index is 1.58. The second kappa shape index (κ2) is 12.6. The summed E-state index contributed by atoms with van der Waals surface area (Å²) in [6, 6.07) is 11.5. The summed E-state index contributed by atoms with van der Waals surface area (Å²) in [4.78, 5) is 33.5. The first-order valence-electron chi connectivity index (χ1n) is 12.5. The van der Waals surface area contributed by atoms with E-state index in [-0.39, 0.29) is 17.6 Å². The second-order valence-electron chi connectivity index (χ2n) is 9.25. The molecule has 0 radical (unpaired) electrons. The summed E-state index contributed by atoms with van der Waals surface area (Å²) < 4.78 is 12.8. The molecule has 200 valence electrons. The van der Waals surface area contributed by atoms with E-state index in [1.54, 1.807) is 24.3 Å². The third kappa shape index (κ3) is 6.61. The van der Waals surface area contributed by atoms with E-state index in [0.717, 1.165) is 23.3 Å². The molecule has 38 heavy (non-hydrogen) atoms. The number of methoxy groups -OCH3 is 1. The van der Waals surface area contributed by atoms with Crippen LogP contribution in [0.1, 0.15) is 37.0 Å². The van der Waals surface area contributed by atoms with Crippen molar-refractivity contribution in [1.29, 1.82) is 0 Å². The molecular weight excluding hydrogens is 520 g/mol. The standard InChI is InChI=1S/C28H32N4O4S2/c1-18(2)36-15-5-13-29-25-22(26(33)32-17-19(3)6-11-24(32)30-25)16-23-27(34)31(28(37)38-23)14-12-20-7-9-21(35-4)10-8-20/h6-11,16-18,29H,5,12-15H2,1-4H3. The highest BCUT2D eigenvalue weighted by molar-refractivity contribution is 8.26. The third-order valence-corrected chi connectivity index (χ3v) is 7.38. The number of carbonyl (C=O) groups excluding carboxylic acids is 1. The lowest BCUT2D eigenvalue weighted by atomic mass is 10.1. The van der Waals surface area contributed by atoms with Crippen LogP contribution in [0.2, 0.25) is 0 Å². The first kappa shape index (κ1) is 27.8. The number of pyridine rings is 1. The molecule has 0 saturated carbocycles. The van der Waals surface area contributed by atoms with Crippen LogP contribution in [0.4, 0.5) is 5.82 Å². The highest BCUT2D eigenvalue weighted by atomic mass is 32.2. The number of ether oxygens (including phenoxy) is 2. The topological polar surface area (TPSA) is 85.2 Å². The fourth-order valence-corrected chi connectivity index (χ4v) is 5.27. The smallest absolute Gasteiger partial charge is 0.267 e. The Hall–Kier alpha value is -3.21. The van der Waals surface area contributed by atoms with Gasteiger partial charge in [0.2, 0.25) is 0 Å². The first-order valence-corrected chi connectivity index (χ1v) is 13.8. The summed E-state index contributed by atoms with van der Waals surface area (Å²) in [5.74, 6) is 1.01. The number of benzene rings is 1. The minimum atomic E-state index is -0.247. The van der Waals surface area contributed by atoms with E-state index in [4.69, 9.17) is 26.7 Å². The number of nitrogens with one attached hydrogen (secondary N) is 1. The number of rotatable bonds is 11. The fraction of sp³-hybridized carbons (Fsp3) is 0.357. The number of aryl methyl sites for hydroxylation is 1. The maximum Gasteiger partial charge on any atom is 0.267 e. The van der Waals surface area contributed by atoms with Gasteiger partial charge in [-0.15, -0.1) is 0 Å². The normalized spacial score (nSPS) is 14.8. The van der Waals surface area contributed by atoms with Crippen molar-refractivity contribution in [2.45, 2.75) is 39.7 Å². The molecule has 0 spiro atoms. The van der Waals surface area contributed by atoms with Gasteiger partial charge in [0.05, 0.1) is 23.7 Å². The van der Waals surface area contributed by atoms with Crippen molar-refractivity contribution in [1.82, 2.24) is 14.3 Å². The molecule has 3 heterocycles. The van der Waals surface area contributed by atoms with Gasteiger partial charge in [0.1, 0.15) is 21.5 Å². The van der Waals surface area contributed by atoms with Crippen molar-refractivity contribution >= 4 is 51.7 Å². The summed E-state index contributed by atoms with van der Waals surface area (Å²) in [6.45, 7) is 7.52. The van der Waals surface area contributed by atoms with Gasteiger partial charge < -0.3 is 14.8 Å². The Bertz CT molecular complexity index is 1420. The molecule has 1 aliphatic rings. The number of nitrogens with zero attached hydrogens (tertiary/aromatic N) is 3. The lowest BCUT2D eigenvalue weighted by Gasteiger charge is -2.14. The van der Waals surface area contributed by atoms with E-state index in [9.17, 15) is 9.59 Å². The highest BCUT2D eigenvalue weighted by Gasteiger charge is 2.32. The van der Waals surface area contributed by atoms with Gasteiger partial charge in [-0.25, -0.2) is 4.98 Å². The molecule has 8 nitrogen and oxygen atoms in total. The van der Waals surface area contributed by atoms with Crippen LogP contribution in [0.15, 0.2) is 52.3 Å². The van der Waals surface area contributed by atoms with E-state index in [2.05, 4.69) is 5.32 Å². The summed E-state index contributed by atoms with van der Waals surface area (Å²) in [6.07, 6.45) is 4.92. The molecule has 1 aromatic carbocycles. The van der Waals surface area contributed by atoms with Crippen LogP contribution in [0.25, 0.3) is 11.7 Å².